The summed E-state index contributed by atoms with van der Waals surface area (Å²) in [6.45, 7) is 1.88. The highest BCUT2D eigenvalue weighted by atomic mass is 16.5. The van der Waals surface area contributed by atoms with Crippen molar-refractivity contribution in [2.75, 3.05) is 11.9 Å². The van der Waals surface area contributed by atoms with Gasteiger partial charge in [0, 0.05) is 25.2 Å². The van der Waals surface area contributed by atoms with Crippen LogP contribution in [0.15, 0.2) is 47.1 Å². The number of hydrogen-bond acceptors (Lipinski definition) is 5. The molecule has 130 valence electrons. The minimum Gasteiger partial charge on any atom is -0.459 e. The van der Waals surface area contributed by atoms with Gasteiger partial charge in [-0.25, -0.2) is 4.79 Å². The fourth-order valence-electron chi connectivity index (χ4n) is 2.82. The van der Waals surface area contributed by atoms with Crippen molar-refractivity contribution in [2.45, 2.75) is 25.8 Å². The summed E-state index contributed by atoms with van der Waals surface area (Å²) in [6, 6.07) is 9.10. The summed E-state index contributed by atoms with van der Waals surface area (Å²) in [7, 11) is 0. The van der Waals surface area contributed by atoms with E-state index in [2.05, 4.69) is 5.32 Å². The third kappa shape index (κ3) is 3.88. The van der Waals surface area contributed by atoms with Crippen LogP contribution < -0.4 is 10.1 Å². The highest BCUT2D eigenvalue weighted by Gasteiger charge is 2.36. The first-order chi connectivity index (χ1) is 12.0. The highest BCUT2D eigenvalue weighted by Crippen LogP contribution is 2.24. The first-order valence-electron chi connectivity index (χ1n) is 7.98. The molecule has 1 unspecified atom stereocenters. The van der Waals surface area contributed by atoms with Crippen molar-refractivity contribution < 1.29 is 23.5 Å². The third-order valence-electron chi connectivity index (χ3n) is 3.89. The second-order valence-corrected chi connectivity index (χ2v) is 5.76. The van der Waals surface area contributed by atoms with Crippen molar-refractivity contribution in [3.63, 3.8) is 0 Å². The topological polar surface area (TPSA) is 88.9 Å². The largest absolute Gasteiger partial charge is 0.459 e. The summed E-state index contributed by atoms with van der Waals surface area (Å²) < 4.78 is 10.5. The summed E-state index contributed by atoms with van der Waals surface area (Å²) >= 11 is 0. The molecule has 1 aliphatic rings. The minimum absolute atomic E-state index is 0.201. The Bertz CT molecular complexity index is 785. The van der Waals surface area contributed by atoms with E-state index in [-0.39, 0.29) is 17.6 Å². The van der Waals surface area contributed by atoms with Gasteiger partial charge in [-0.2, -0.15) is 0 Å². The summed E-state index contributed by atoms with van der Waals surface area (Å²) in [5.41, 5.74) is 0.535. The van der Waals surface area contributed by atoms with Crippen molar-refractivity contribution >= 4 is 23.5 Å². The molecule has 0 bridgehead atoms. The number of benzene rings is 1. The normalized spacial score (nSPS) is 16.5. The first kappa shape index (κ1) is 16.8. The monoisotopic (exact) mass is 342 g/mol. The molecule has 1 aliphatic heterocycles. The quantitative estimate of drug-likeness (QED) is 0.681. The number of likely N-dealkylation sites (tertiary alicyclic amines) is 1. The van der Waals surface area contributed by atoms with Gasteiger partial charge in [0.25, 0.3) is 5.91 Å². The number of nitrogens with zero attached hydrogens (tertiary/aromatic N) is 1. The fraction of sp³-hybridized carbons (Fsp3) is 0.278. The minimum atomic E-state index is -0.651. The van der Waals surface area contributed by atoms with Gasteiger partial charge in [0.1, 0.15) is 11.8 Å². The second kappa shape index (κ2) is 7.21. The molecule has 1 aromatic carbocycles. The molecule has 2 amide bonds. The maximum absolute atomic E-state index is 12.5. The highest BCUT2D eigenvalue weighted by molar-refractivity contribution is 5.95. The average Bonchev–Trinajstić information content (AvgIpc) is 3.26. The van der Waals surface area contributed by atoms with E-state index in [0.717, 1.165) is 6.42 Å². The van der Waals surface area contributed by atoms with Crippen molar-refractivity contribution in [2.24, 2.45) is 0 Å². The van der Waals surface area contributed by atoms with E-state index in [9.17, 15) is 14.4 Å². The first-order valence-corrected chi connectivity index (χ1v) is 7.98. The van der Waals surface area contributed by atoms with Gasteiger partial charge in [-0.1, -0.05) is 6.07 Å². The Kier molecular flexibility index (Phi) is 4.83. The zero-order chi connectivity index (χ0) is 17.8. The zero-order valence-electron chi connectivity index (χ0n) is 13.7. The van der Waals surface area contributed by atoms with Crippen LogP contribution in [0.3, 0.4) is 0 Å². The number of ether oxygens (including phenoxy) is 1. The summed E-state index contributed by atoms with van der Waals surface area (Å²) in [6.07, 6.45) is 2.68. The lowest BCUT2D eigenvalue weighted by Crippen LogP contribution is -2.42. The van der Waals surface area contributed by atoms with Gasteiger partial charge in [0.2, 0.25) is 5.91 Å². The van der Waals surface area contributed by atoms with E-state index in [4.69, 9.17) is 9.15 Å². The lowest BCUT2D eigenvalue weighted by Gasteiger charge is -2.22. The Morgan fingerprint density at radius 3 is 2.80 bits per heavy atom. The van der Waals surface area contributed by atoms with E-state index in [0.29, 0.717) is 24.4 Å². The van der Waals surface area contributed by atoms with Crippen molar-refractivity contribution in [3.8, 4) is 5.75 Å². The standard InChI is InChI=1S/C18H18N2O5/c1-12(21)19-13-5-2-6-14(11-13)25-18(23)15-7-3-9-20(15)17(22)16-8-4-10-24-16/h2,4-6,8,10-11,15H,3,7,9H2,1H3,(H,19,21). The van der Waals surface area contributed by atoms with Gasteiger partial charge in [0.05, 0.1) is 6.26 Å². The number of esters is 1. The van der Waals surface area contributed by atoms with Gasteiger partial charge in [-0.05, 0) is 37.1 Å². The number of nitrogens with one attached hydrogen (secondary N) is 1. The van der Waals surface area contributed by atoms with Crippen LogP contribution in [0.1, 0.15) is 30.3 Å². The Morgan fingerprint density at radius 1 is 1.24 bits per heavy atom. The Hall–Kier alpha value is -3.09. The number of carbonyl (C=O) groups excluding carboxylic acids is 3. The van der Waals surface area contributed by atoms with Crippen LogP contribution in [-0.2, 0) is 9.59 Å². The molecule has 0 saturated carbocycles. The van der Waals surface area contributed by atoms with Crippen molar-refractivity contribution in [1.29, 1.82) is 0 Å². The van der Waals surface area contributed by atoms with Gasteiger partial charge < -0.3 is 19.4 Å². The van der Waals surface area contributed by atoms with Crippen LogP contribution in [0.2, 0.25) is 0 Å². The zero-order valence-corrected chi connectivity index (χ0v) is 13.7. The van der Waals surface area contributed by atoms with Crippen LogP contribution in [0.4, 0.5) is 5.69 Å². The molecule has 1 aromatic heterocycles. The number of hydrogen-bond donors (Lipinski definition) is 1. The molecular formula is C18H18N2O5. The average molecular weight is 342 g/mol. The van der Waals surface area contributed by atoms with E-state index in [1.165, 1.54) is 18.1 Å². The summed E-state index contributed by atoms with van der Waals surface area (Å²) in [5, 5.41) is 2.63. The number of anilines is 1. The molecule has 1 atom stereocenters. The van der Waals surface area contributed by atoms with Gasteiger partial charge in [-0.3, -0.25) is 9.59 Å². The Balaban J connectivity index is 1.70. The molecule has 25 heavy (non-hydrogen) atoms. The van der Waals surface area contributed by atoms with E-state index in [1.54, 1.807) is 36.4 Å². The maximum Gasteiger partial charge on any atom is 0.334 e. The molecule has 7 heteroatoms. The molecular weight excluding hydrogens is 324 g/mol. The lowest BCUT2D eigenvalue weighted by atomic mass is 10.2. The van der Waals surface area contributed by atoms with Crippen molar-refractivity contribution in [3.05, 3.63) is 48.4 Å². The van der Waals surface area contributed by atoms with E-state index >= 15 is 0 Å². The smallest absolute Gasteiger partial charge is 0.334 e. The number of furan rings is 1. The van der Waals surface area contributed by atoms with E-state index in [1.807, 2.05) is 0 Å². The predicted molar refractivity (Wildman–Crippen MR) is 89.1 cm³/mol. The SMILES string of the molecule is CC(=O)Nc1cccc(OC(=O)C2CCCN2C(=O)c2ccco2)c1. The molecule has 0 aliphatic carbocycles. The number of carbonyl (C=O) groups is 3. The molecule has 0 radical (unpaired) electrons. The lowest BCUT2D eigenvalue weighted by molar-refractivity contribution is -0.138. The Labute approximate surface area is 144 Å². The fourth-order valence-corrected chi connectivity index (χ4v) is 2.82. The van der Waals surface area contributed by atoms with Crippen molar-refractivity contribution in [1.82, 2.24) is 4.90 Å². The number of amides is 2. The maximum atomic E-state index is 12.5. The molecule has 1 saturated heterocycles. The number of rotatable bonds is 4. The van der Waals surface area contributed by atoms with Crippen LogP contribution in [-0.4, -0.2) is 35.3 Å². The molecule has 7 nitrogen and oxygen atoms in total. The van der Waals surface area contributed by atoms with Crippen LogP contribution in [0.25, 0.3) is 0 Å². The molecule has 1 fully saturated rings. The van der Waals surface area contributed by atoms with Gasteiger partial charge >= 0.3 is 5.97 Å². The summed E-state index contributed by atoms with van der Waals surface area (Å²) in [4.78, 5) is 37.5. The van der Waals surface area contributed by atoms with Crippen LogP contribution in [0, 0.1) is 0 Å². The molecule has 2 heterocycles. The van der Waals surface area contributed by atoms with E-state index < -0.39 is 12.0 Å². The molecule has 3 rings (SSSR count). The van der Waals surface area contributed by atoms with Gasteiger partial charge in [0.15, 0.2) is 5.76 Å². The molecule has 1 N–H and O–H groups in total. The third-order valence-corrected chi connectivity index (χ3v) is 3.89. The van der Waals surface area contributed by atoms with Crippen LogP contribution >= 0.6 is 0 Å². The predicted octanol–water partition coefficient (Wildman–Crippen LogP) is 2.45. The van der Waals surface area contributed by atoms with Gasteiger partial charge in [-0.15, -0.1) is 0 Å². The molecule has 0 spiro atoms. The summed E-state index contributed by atoms with van der Waals surface area (Å²) in [5.74, 6) is -0.524. The second-order valence-electron chi connectivity index (χ2n) is 5.76. The Morgan fingerprint density at radius 2 is 2.08 bits per heavy atom. The van der Waals surface area contributed by atoms with Crippen LogP contribution in [0.5, 0.6) is 5.75 Å². The molecule has 2 aromatic rings.